The van der Waals surface area contributed by atoms with E-state index in [-0.39, 0.29) is 18.7 Å². The zero-order valence-corrected chi connectivity index (χ0v) is 15.3. The van der Waals surface area contributed by atoms with Gasteiger partial charge >= 0.3 is 0 Å². The molecule has 0 amide bonds. The van der Waals surface area contributed by atoms with Crippen molar-refractivity contribution in [2.75, 3.05) is 5.75 Å². The van der Waals surface area contributed by atoms with Crippen LogP contribution in [0.25, 0.3) is 0 Å². The number of aliphatic imine (C=N–C) groups is 1. The highest BCUT2D eigenvalue weighted by Gasteiger charge is 2.29. The molecule has 2 aromatic rings. The lowest BCUT2D eigenvalue weighted by Gasteiger charge is -2.30. The van der Waals surface area contributed by atoms with Crippen molar-refractivity contribution in [3.8, 4) is 0 Å². The first-order chi connectivity index (χ1) is 12.0. The van der Waals surface area contributed by atoms with Gasteiger partial charge in [-0.2, -0.15) is 0 Å². The Balaban J connectivity index is 0.00000243. The molecule has 1 aromatic heterocycles. The number of carbonyl (C=O) groups excluding carboxylic acids is 1. The Morgan fingerprint density at radius 2 is 2.12 bits per heavy atom. The highest BCUT2D eigenvalue weighted by molar-refractivity contribution is 8.13. The topological polar surface area (TPSA) is 81.2 Å². The van der Waals surface area contributed by atoms with Crippen molar-refractivity contribution < 1.29 is 4.79 Å². The Bertz CT molecular complexity index is 804. The Kier molecular flexibility index (Phi) is 6.53. The highest BCUT2D eigenvalue weighted by Crippen LogP contribution is 2.35. The van der Waals surface area contributed by atoms with E-state index in [0.717, 1.165) is 35.4 Å². The van der Waals surface area contributed by atoms with Crippen molar-refractivity contribution in [2.24, 2.45) is 10.7 Å². The molecule has 138 valence electrons. The number of ketones is 1. The summed E-state index contributed by atoms with van der Waals surface area (Å²) in [6, 6.07) is 8.04. The first-order valence-corrected chi connectivity index (χ1v) is 9.40. The van der Waals surface area contributed by atoms with Crippen molar-refractivity contribution in [3.63, 3.8) is 0 Å². The predicted octanol–water partition coefficient (Wildman–Crippen LogP) is 3.77. The van der Waals surface area contributed by atoms with Gasteiger partial charge < -0.3 is 5.73 Å². The molecule has 1 aromatic carbocycles. The summed E-state index contributed by atoms with van der Waals surface area (Å²) in [5.74, 6) is 0.925. The quantitative estimate of drug-likeness (QED) is 0.810. The monoisotopic (exact) mass is 370 g/mol. The molecule has 2 N–H and O–H groups in total. The Morgan fingerprint density at radius 3 is 2.77 bits per heavy atom. The molecular weight excluding hydrogens is 344 g/mol. The number of nitrogens with two attached hydrogens (primary N) is 1. The highest BCUT2D eigenvalue weighted by atomic mass is 32.2. The number of aryl methyl sites for hydroxylation is 1. The van der Waals surface area contributed by atoms with Crippen LogP contribution in [0.15, 0.2) is 41.7 Å². The van der Waals surface area contributed by atoms with Gasteiger partial charge in [0, 0.05) is 18.4 Å². The number of rotatable bonds is 5. The molecule has 6 heteroatoms. The molecule has 3 rings (SSSR count). The van der Waals surface area contributed by atoms with Crippen LogP contribution in [0.1, 0.15) is 55.0 Å². The van der Waals surface area contributed by atoms with Crippen LogP contribution < -0.4 is 5.73 Å². The molecule has 0 bridgehead atoms. The fourth-order valence-corrected chi connectivity index (χ4v) is 3.84. The van der Waals surface area contributed by atoms with E-state index < -0.39 is 0 Å². The third-order valence-corrected chi connectivity index (χ3v) is 5.26. The van der Waals surface area contributed by atoms with Crippen molar-refractivity contribution in [1.82, 2.24) is 9.97 Å². The molecule has 0 fully saturated rings. The van der Waals surface area contributed by atoms with E-state index in [9.17, 15) is 4.79 Å². The lowest BCUT2D eigenvalue weighted by molar-refractivity contribution is 0.0987. The molecule has 5 nitrogen and oxygen atoms in total. The van der Waals surface area contributed by atoms with E-state index in [1.165, 1.54) is 0 Å². The SMILES string of the molecule is C.CCc1cnc(C(=O)Cc2cccc([C@]3(C)CCSC(N)=N3)c2)cn1. The van der Waals surface area contributed by atoms with Crippen LogP contribution in [-0.4, -0.2) is 26.7 Å². The fourth-order valence-electron chi connectivity index (χ4n) is 2.87. The van der Waals surface area contributed by atoms with E-state index in [2.05, 4.69) is 34.0 Å². The number of hydrogen-bond acceptors (Lipinski definition) is 6. The van der Waals surface area contributed by atoms with Gasteiger partial charge in [-0.05, 0) is 30.9 Å². The molecule has 0 aliphatic carbocycles. The first-order valence-electron chi connectivity index (χ1n) is 8.42. The number of benzene rings is 1. The number of Topliss-reactive ketones (excluding diaryl/α,β-unsaturated/α-hetero) is 1. The average Bonchev–Trinajstić information content (AvgIpc) is 2.62. The number of aromatic nitrogens is 2. The number of hydrogen-bond donors (Lipinski definition) is 1. The maximum absolute atomic E-state index is 12.5. The summed E-state index contributed by atoms with van der Waals surface area (Å²) >= 11 is 1.59. The predicted molar refractivity (Wildman–Crippen MR) is 109 cm³/mol. The van der Waals surface area contributed by atoms with E-state index in [1.807, 2.05) is 19.1 Å². The molecule has 1 atom stereocenters. The minimum atomic E-state index is -0.322. The van der Waals surface area contributed by atoms with Crippen molar-refractivity contribution >= 4 is 22.7 Å². The second-order valence-corrected chi connectivity index (χ2v) is 7.48. The van der Waals surface area contributed by atoms with Gasteiger partial charge in [0.15, 0.2) is 11.0 Å². The van der Waals surface area contributed by atoms with Gasteiger partial charge in [-0.1, -0.05) is 50.4 Å². The molecular formula is C20H26N4OS. The lowest BCUT2D eigenvalue weighted by atomic mass is 9.88. The van der Waals surface area contributed by atoms with Crippen LogP contribution in [0.4, 0.5) is 0 Å². The van der Waals surface area contributed by atoms with E-state index in [0.29, 0.717) is 17.3 Å². The normalized spacial score (nSPS) is 19.4. The summed E-state index contributed by atoms with van der Waals surface area (Å²) in [7, 11) is 0. The molecule has 0 spiro atoms. The number of thioether (sulfide) groups is 1. The average molecular weight is 371 g/mol. The summed E-state index contributed by atoms with van der Waals surface area (Å²) in [6.45, 7) is 4.10. The maximum Gasteiger partial charge on any atom is 0.187 e. The molecule has 0 saturated carbocycles. The van der Waals surface area contributed by atoms with Crippen molar-refractivity contribution in [2.45, 2.75) is 46.1 Å². The van der Waals surface area contributed by atoms with Gasteiger partial charge in [-0.15, -0.1) is 0 Å². The van der Waals surface area contributed by atoms with Crippen LogP contribution in [0.5, 0.6) is 0 Å². The minimum absolute atomic E-state index is 0. The van der Waals surface area contributed by atoms with Crippen LogP contribution >= 0.6 is 11.8 Å². The Labute approximate surface area is 159 Å². The summed E-state index contributed by atoms with van der Waals surface area (Å²) in [5.41, 5.74) is 8.93. The number of carbonyl (C=O) groups is 1. The zero-order valence-electron chi connectivity index (χ0n) is 14.5. The standard InChI is InChI=1S/C19H22N4OS.CH4/c1-3-15-11-22-16(12-21-15)17(24)10-13-5-4-6-14(9-13)19(2)7-8-25-18(20)23-19;/h4-6,9,11-12H,3,7-8,10H2,1-2H3,(H2,20,23);1H4/t19-;/m0./s1. The molecule has 0 radical (unpaired) electrons. The van der Waals surface area contributed by atoms with Gasteiger partial charge in [0.2, 0.25) is 0 Å². The molecule has 0 saturated heterocycles. The summed E-state index contributed by atoms with van der Waals surface area (Å²) in [4.78, 5) is 25.6. The number of amidine groups is 1. The van der Waals surface area contributed by atoms with Gasteiger partial charge in [-0.25, -0.2) is 4.98 Å². The Morgan fingerprint density at radius 1 is 1.31 bits per heavy atom. The zero-order chi connectivity index (χ0) is 17.9. The minimum Gasteiger partial charge on any atom is -0.379 e. The summed E-state index contributed by atoms with van der Waals surface area (Å²) in [5, 5.41) is 0.626. The van der Waals surface area contributed by atoms with E-state index >= 15 is 0 Å². The smallest absolute Gasteiger partial charge is 0.187 e. The molecule has 0 unspecified atom stereocenters. The lowest BCUT2D eigenvalue weighted by Crippen LogP contribution is -2.28. The number of nitrogens with zero attached hydrogens (tertiary/aromatic N) is 3. The van der Waals surface area contributed by atoms with Gasteiger partial charge in [0.1, 0.15) is 5.69 Å². The second-order valence-electron chi connectivity index (χ2n) is 6.37. The second kappa shape index (κ2) is 8.45. The first kappa shape index (κ1) is 20.1. The van der Waals surface area contributed by atoms with E-state index in [4.69, 9.17) is 5.73 Å². The third kappa shape index (κ3) is 4.49. The summed E-state index contributed by atoms with van der Waals surface area (Å²) < 4.78 is 0. The van der Waals surface area contributed by atoms with Gasteiger partial charge in [0.25, 0.3) is 0 Å². The maximum atomic E-state index is 12.5. The van der Waals surface area contributed by atoms with Gasteiger partial charge in [-0.3, -0.25) is 14.8 Å². The van der Waals surface area contributed by atoms with Crippen LogP contribution in [0, 0.1) is 0 Å². The van der Waals surface area contributed by atoms with Crippen molar-refractivity contribution in [1.29, 1.82) is 0 Å². The molecule has 1 aliphatic heterocycles. The fraction of sp³-hybridized carbons (Fsp3) is 0.400. The largest absolute Gasteiger partial charge is 0.379 e. The van der Waals surface area contributed by atoms with Crippen LogP contribution in [0.3, 0.4) is 0 Å². The van der Waals surface area contributed by atoms with Crippen LogP contribution in [-0.2, 0) is 18.4 Å². The molecule has 26 heavy (non-hydrogen) atoms. The molecule has 2 heterocycles. The van der Waals surface area contributed by atoms with E-state index in [1.54, 1.807) is 24.2 Å². The summed E-state index contributed by atoms with van der Waals surface area (Å²) in [6.07, 6.45) is 5.28. The molecule has 1 aliphatic rings. The van der Waals surface area contributed by atoms with Gasteiger partial charge in [0.05, 0.1) is 17.4 Å². The van der Waals surface area contributed by atoms with Crippen LogP contribution in [0.2, 0.25) is 0 Å². The third-order valence-electron chi connectivity index (χ3n) is 4.46. The Hall–Kier alpha value is -2.21. The van der Waals surface area contributed by atoms with Crippen molar-refractivity contribution in [3.05, 3.63) is 59.2 Å².